The zero-order valence-corrected chi connectivity index (χ0v) is 11.6. The normalized spacial score (nSPS) is 34.0. The average molecular weight is 245 g/mol. The summed E-state index contributed by atoms with van der Waals surface area (Å²) in [5.41, 5.74) is 1.43. The molecular formula is C16H23NO. The van der Waals surface area contributed by atoms with Crippen molar-refractivity contribution in [2.75, 3.05) is 7.05 Å². The van der Waals surface area contributed by atoms with Crippen LogP contribution in [0.4, 0.5) is 0 Å². The van der Waals surface area contributed by atoms with Gasteiger partial charge < -0.3 is 10.1 Å². The van der Waals surface area contributed by atoms with Crippen LogP contribution in [0.2, 0.25) is 0 Å². The average Bonchev–Trinajstić information content (AvgIpc) is 2.34. The van der Waals surface area contributed by atoms with Crippen LogP contribution < -0.4 is 10.1 Å². The first-order valence-electron chi connectivity index (χ1n) is 7.09. The number of rotatable bonds is 2. The Bertz CT molecular complexity index is 434. The Kier molecular flexibility index (Phi) is 2.86. The molecule has 2 heteroatoms. The van der Waals surface area contributed by atoms with E-state index < -0.39 is 0 Å². The maximum atomic E-state index is 6.33. The van der Waals surface area contributed by atoms with Gasteiger partial charge >= 0.3 is 0 Å². The number of hydrogen-bond acceptors (Lipinski definition) is 2. The van der Waals surface area contributed by atoms with Gasteiger partial charge in [-0.2, -0.15) is 0 Å². The van der Waals surface area contributed by atoms with Gasteiger partial charge in [-0.15, -0.1) is 0 Å². The van der Waals surface area contributed by atoms with Crippen molar-refractivity contribution in [3.05, 3.63) is 29.8 Å². The lowest BCUT2D eigenvalue weighted by molar-refractivity contribution is -0.0868. The molecule has 1 aromatic rings. The predicted octanol–water partition coefficient (Wildman–Crippen LogP) is 3.53. The van der Waals surface area contributed by atoms with E-state index in [4.69, 9.17) is 4.74 Å². The standard InChI is InChI=1S/C16H23NO/c1-11(2)12-8-16(9-12)10-14(17-3)13-6-4-5-7-15(13)18-16/h4-7,11-12,14,17H,8-10H2,1-3H3. The first-order chi connectivity index (χ1) is 8.63. The molecule has 1 N–H and O–H groups in total. The molecule has 1 saturated carbocycles. The highest BCUT2D eigenvalue weighted by Gasteiger charge is 2.50. The van der Waals surface area contributed by atoms with Crippen LogP contribution in [-0.4, -0.2) is 12.6 Å². The molecule has 0 aromatic heterocycles. The summed E-state index contributed by atoms with van der Waals surface area (Å²) in [6.07, 6.45) is 3.55. The van der Waals surface area contributed by atoms with Crippen LogP contribution in [0.25, 0.3) is 0 Å². The van der Waals surface area contributed by atoms with Crippen LogP contribution in [0.1, 0.15) is 44.7 Å². The zero-order chi connectivity index (χ0) is 12.8. The van der Waals surface area contributed by atoms with Crippen LogP contribution in [0.3, 0.4) is 0 Å². The van der Waals surface area contributed by atoms with Crippen LogP contribution in [-0.2, 0) is 0 Å². The van der Waals surface area contributed by atoms with Gasteiger partial charge in [0.2, 0.25) is 0 Å². The molecule has 1 atom stereocenters. The van der Waals surface area contributed by atoms with Gasteiger partial charge in [-0.1, -0.05) is 32.0 Å². The fourth-order valence-corrected chi connectivity index (χ4v) is 3.49. The fourth-order valence-electron chi connectivity index (χ4n) is 3.49. The van der Waals surface area contributed by atoms with Gasteiger partial charge in [0.15, 0.2) is 0 Å². The highest BCUT2D eigenvalue weighted by atomic mass is 16.5. The molecule has 2 aliphatic rings. The van der Waals surface area contributed by atoms with Gasteiger partial charge in [0.05, 0.1) is 0 Å². The molecule has 1 unspecified atom stereocenters. The Balaban J connectivity index is 1.83. The second-order valence-electron chi connectivity index (χ2n) is 6.28. The number of hydrogen-bond donors (Lipinski definition) is 1. The van der Waals surface area contributed by atoms with Gasteiger partial charge in [-0.3, -0.25) is 0 Å². The molecule has 1 aliphatic heterocycles. The van der Waals surface area contributed by atoms with E-state index in [1.807, 2.05) is 0 Å². The summed E-state index contributed by atoms with van der Waals surface area (Å²) in [5, 5.41) is 3.45. The summed E-state index contributed by atoms with van der Waals surface area (Å²) < 4.78 is 6.33. The Labute approximate surface area is 110 Å². The minimum atomic E-state index is 0.108. The van der Waals surface area contributed by atoms with E-state index in [1.54, 1.807) is 0 Å². The Hall–Kier alpha value is -1.02. The second kappa shape index (κ2) is 4.27. The second-order valence-corrected chi connectivity index (χ2v) is 6.28. The number of nitrogens with one attached hydrogen (secondary N) is 1. The molecule has 3 rings (SSSR count). The lowest BCUT2D eigenvalue weighted by atomic mass is 9.62. The van der Waals surface area contributed by atoms with Crippen molar-refractivity contribution in [1.29, 1.82) is 0 Å². The van der Waals surface area contributed by atoms with Crippen LogP contribution in [0, 0.1) is 11.8 Å². The van der Waals surface area contributed by atoms with E-state index in [9.17, 15) is 0 Å². The van der Waals surface area contributed by atoms with Crippen molar-refractivity contribution in [2.24, 2.45) is 11.8 Å². The quantitative estimate of drug-likeness (QED) is 0.860. The van der Waals surface area contributed by atoms with Crippen molar-refractivity contribution in [3.63, 3.8) is 0 Å². The molecule has 0 radical (unpaired) electrons. The van der Waals surface area contributed by atoms with Crippen LogP contribution in [0.15, 0.2) is 24.3 Å². The molecule has 0 saturated heterocycles. The molecule has 1 spiro atoms. The first-order valence-corrected chi connectivity index (χ1v) is 7.09. The molecule has 98 valence electrons. The molecule has 1 aromatic carbocycles. The van der Waals surface area contributed by atoms with E-state index in [2.05, 4.69) is 50.5 Å². The van der Waals surface area contributed by atoms with Crippen molar-refractivity contribution < 1.29 is 4.74 Å². The topological polar surface area (TPSA) is 21.3 Å². The minimum Gasteiger partial charge on any atom is -0.487 e. The van der Waals surface area contributed by atoms with E-state index >= 15 is 0 Å². The van der Waals surface area contributed by atoms with Gasteiger partial charge in [-0.25, -0.2) is 0 Å². The van der Waals surface area contributed by atoms with Crippen LogP contribution in [0.5, 0.6) is 5.75 Å². The fraction of sp³-hybridized carbons (Fsp3) is 0.625. The molecule has 0 bridgehead atoms. The highest BCUT2D eigenvalue weighted by molar-refractivity contribution is 5.39. The Morgan fingerprint density at radius 1 is 1.22 bits per heavy atom. The predicted molar refractivity (Wildman–Crippen MR) is 73.8 cm³/mol. The molecule has 1 heterocycles. The number of benzene rings is 1. The lowest BCUT2D eigenvalue weighted by Crippen LogP contribution is -2.54. The molecule has 1 fully saturated rings. The summed E-state index contributed by atoms with van der Waals surface area (Å²) in [5.74, 6) is 2.71. The SMILES string of the molecule is CNC1CC2(CC(C(C)C)C2)Oc2ccccc21. The van der Waals surface area contributed by atoms with Crippen molar-refractivity contribution in [3.8, 4) is 5.75 Å². The van der Waals surface area contributed by atoms with E-state index in [0.29, 0.717) is 6.04 Å². The first kappa shape index (κ1) is 12.0. The van der Waals surface area contributed by atoms with E-state index in [-0.39, 0.29) is 5.60 Å². The van der Waals surface area contributed by atoms with Gasteiger partial charge in [-0.05, 0) is 37.8 Å². The molecule has 2 nitrogen and oxygen atoms in total. The summed E-state index contributed by atoms with van der Waals surface area (Å²) in [6, 6.07) is 8.92. The van der Waals surface area contributed by atoms with E-state index in [0.717, 1.165) is 24.0 Å². The largest absolute Gasteiger partial charge is 0.487 e. The third-order valence-corrected chi connectivity index (χ3v) is 4.76. The Morgan fingerprint density at radius 3 is 2.61 bits per heavy atom. The maximum absolute atomic E-state index is 6.33. The smallest absolute Gasteiger partial charge is 0.124 e. The van der Waals surface area contributed by atoms with Gasteiger partial charge in [0.25, 0.3) is 0 Å². The summed E-state index contributed by atoms with van der Waals surface area (Å²) >= 11 is 0. The summed E-state index contributed by atoms with van der Waals surface area (Å²) in [6.45, 7) is 4.65. The lowest BCUT2D eigenvalue weighted by Gasteiger charge is -2.53. The number of ether oxygens (including phenoxy) is 1. The summed E-state index contributed by atoms with van der Waals surface area (Å²) in [7, 11) is 2.05. The number of para-hydroxylation sites is 1. The van der Waals surface area contributed by atoms with Crippen molar-refractivity contribution >= 4 is 0 Å². The zero-order valence-electron chi connectivity index (χ0n) is 11.6. The van der Waals surface area contributed by atoms with Crippen molar-refractivity contribution in [1.82, 2.24) is 5.32 Å². The maximum Gasteiger partial charge on any atom is 0.124 e. The monoisotopic (exact) mass is 245 g/mol. The van der Waals surface area contributed by atoms with Gasteiger partial charge in [0.1, 0.15) is 11.4 Å². The summed E-state index contributed by atoms with van der Waals surface area (Å²) in [4.78, 5) is 0. The van der Waals surface area contributed by atoms with Gasteiger partial charge in [0, 0.05) is 18.0 Å². The van der Waals surface area contributed by atoms with Crippen molar-refractivity contribution in [2.45, 2.75) is 44.8 Å². The van der Waals surface area contributed by atoms with Crippen LogP contribution >= 0.6 is 0 Å². The highest BCUT2D eigenvalue weighted by Crippen LogP contribution is 2.53. The third-order valence-electron chi connectivity index (χ3n) is 4.76. The number of fused-ring (bicyclic) bond motifs is 1. The van der Waals surface area contributed by atoms with E-state index in [1.165, 1.54) is 18.4 Å². The minimum absolute atomic E-state index is 0.108. The molecule has 0 amide bonds. The Morgan fingerprint density at radius 2 is 1.94 bits per heavy atom. The molecule has 18 heavy (non-hydrogen) atoms. The molecular weight excluding hydrogens is 222 g/mol. The molecule has 1 aliphatic carbocycles. The third kappa shape index (κ3) is 1.83.